The summed E-state index contributed by atoms with van der Waals surface area (Å²) in [6.07, 6.45) is -4.68. The van der Waals surface area contributed by atoms with E-state index >= 15 is 0 Å². The lowest BCUT2D eigenvalue weighted by atomic mass is 9.99. The average Bonchev–Trinajstić information content (AvgIpc) is 2.30. The Morgan fingerprint density at radius 3 is 2.20 bits per heavy atom. The minimum Gasteiger partial charge on any atom is -0.406 e. The molecule has 0 radical (unpaired) electrons. The fourth-order valence-electron chi connectivity index (χ4n) is 2.01. The van der Waals surface area contributed by atoms with Crippen LogP contribution in [0.25, 0.3) is 11.1 Å². The van der Waals surface area contributed by atoms with E-state index in [0.29, 0.717) is 10.6 Å². The van der Waals surface area contributed by atoms with Gasteiger partial charge in [0.1, 0.15) is 5.75 Å². The summed E-state index contributed by atoms with van der Waals surface area (Å²) in [7, 11) is 0. The van der Waals surface area contributed by atoms with Crippen molar-refractivity contribution in [2.24, 2.45) is 0 Å². The van der Waals surface area contributed by atoms with Crippen LogP contribution in [0.4, 0.5) is 13.2 Å². The molecule has 0 saturated carbocycles. The number of benzene rings is 2. The van der Waals surface area contributed by atoms with Crippen LogP contribution in [0.3, 0.4) is 0 Å². The van der Waals surface area contributed by atoms with Gasteiger partial charge < -0.3 is 4.74 Å². The molecule has 0 aromatic heterocycles. The van der Waals surface area contributed by atoms with Gasteiger partial charge in [-0.05, 0) is 60.4 Å². The van der Waals surface area contributed by atoms with E-state index in [1.807, 2.05) is 19.1 Å². The summed E-state index contributed by atoms with van der Waals surface area (Å²) in [5, 5.41) is 0.625. The average molecular weight is 301 g/mol. The molecular formula is C15H12ClF3O. The Bertz CT molecular complexity index is 636. The quantitative estimate of drug-likeness (QED) is 0.709. The molecule has 0 aliphatic carbocycles. The SMILES string of the molecule is Cc1cc(-c2ccc(Cl)cc2C)ccc1OC(F)(F)F. The molecule has 0 heterocycles. The van der Waals surface area contributed by atoms with Gasteiger partial charge in [0.2, 0.25) is 0 Å². The number of ether oxygens (including phenoxy) is 1. The topological polar surface area (TPSA) is 9.23 Å². The van der Waals surface area contributed by atoms with Crippen LogP contribution in [-0.2, 0) is 0 Å². The summed E-state index contributed by atoms with van der Waals surface area (Å²) in [6, 6.07) is 10.00. The Labute approximate surface area is 119 Å². The van der Waals surface area contributed by atoms with Gasteiger partial charge >= 0.3 is 6.36 Å². The summed E-state index contributed by atoms with van der Waals surface area (Å²) in [4.78, 5) is 0. The summed E-state index contributed by atoms with van der Waals surface area (Å²) in [6.45, 7) is 3.48. The largest absolute Gasteiger partial charge is 0.573 e. The number of alkyl halides is 3. The minimum atomic E-state index is -4.68. The number of hydrogen-bond acceptors (Lipinski definition) is 1. The van der Waals surface area contributed by atoms with Crippen molar-refractivity contribution >= 4 is 11.6 Å². The third-order valence-electron chi connectivity index (χ3n) is 2.90. The maximum atomic E-state index is 12.2. The molecule has 0 atom stereocenters. The summed E-state index contributed by atoms with van der Waals surface area (Å²) >= 11 is 5.89. The molecule has 1 nitrogen and oxygen atoms in total. The van der Waals surface area contributed by atoms with E-state index in [4.69, 9.17) is 11.6 Å². The van der Waals surface area contributed by atoms with Crippen molar-refractivity contribution in [3.05, 3.63) is 52.5 Å². The highest BCUT2D eigenvalue weighted by Crippen LogP contribution is 2.32. The second-order valence-electron chi connectivity index (χ2n) is 4.49. The van der Waals surface area contributed by atoms with Gasteiger partial charge in [-0.2, -0.15) is 0 Å². The first-order valence-corrected chi connectivity index (χ1v) is 6.27. The zero-order valence-corrected chi connectivity index (χ0v) is 11.6. The van der Waals surface area contributed by atoms with Crippen LogP contribution in [0.5, 0.6) is 5.75 Å². The number of hydrogen-bond donors (Lipinski definition) is 0. The Morgan fingerprint density at radius 2 is 1.65 bits per heavy atom. The second-order valence-corrected chi connectivity index (χ2v) is 4.92. The Kier molecular flexibility index (Phi) is 3.95. The van der Waals surface area contributed by atoms with Crippen LogP contribution < -0.4 is 4.74 Å². The molecule has 0 fully saturated rings. The van der Waals surface area contributed by atoms with Crippen molar-refractivity contribution < 1.29 is 17.9 Å². The van der Waals surface area contributed by atoms with Crippen molar-refractivity contribution in [2.75, 3.05) is 0 Å². The van der Waals surface area contributed by atoms with Gasteiger partial charge in [-0.1, -0.05) is 23.7 Å². The molecule has 2 rings (SSSR count). The maximum absolute atomic E-state index is 12.2. The van der Waals surface area contributed by atoms with E-state index in [2.05, 4.69) is 4.74 Å². The van der Waals surface area contributed by atoms with Gasteiger partial charge in [-0.3, -0.25) is 0 Å². The van der Waals surface area contributed by atoms with E-state index in [9.17, 15) is 13.2 Å². The molecule has 106 valence electrons. The molecule has 5 heteroatoms. The van der Waals surface area contributed by atoms with E-state index in [-0.39, 0.29) is 5.75 Å². The molecule has 0 N–H and O–H groups in total. The zero-order chi connectivity index (χ0) is 14.9. The third kappa shape index (κ3) is 3.45. The predicted molar refractivity (Wildman–Crippen MR) is 73.0 cm³/mol. The Morgan fingerprint density at radius 1 is 0.950 bits per heavy atom. The monoisotopic (exact) mass is 300 g/mol. The van der Waals surface area contributed by atoms with Gasteiger partial charge in [0, 0.05) is 5.02 Å². The van der Waals surface area contributed by atoms with Gasteiger partial charge in [-0.25, -0.2) is 0 Å². The van der Waals surface area contributed by atoms with E-state index in [0.717, 1.165) is 16.7 Å². The highest BCUT2D eigenvalue weighted by Gasteiger charge is 2.31. The fourth-order valence-corrected chi connectivity index (χ4v) is 2.23. The van der Waals surface area contributed by atoms with Crippen LogP contribution in [-0.4, -0.2) is 6.36 Å². The molecule has 0 saturated heterocycles. The number of halogens is 4. The third-order valence-corrected chi connectivity index (χ3v) is 3.14. The first kappa shape index (κ1) is 14.7. The summed E-state index contributed by atoms with van der Waals surface area (Å²) in [5.74, 6) is -0.187. The Hall–Kier alpha value is -1.68. The smallest absolute Gasteiger partial charge is 0.406 e. The van der Waals surface area contributed by atoms with E-state index < -0.39 is 6.36 Å². The Balaban J connectivity index is 2.38. The zero-order valence-electron chi connectivity index (χ0n) is 10.9. The van der Waals surface area contributed by atoms with Gasteiger partial charge in [0.15, 0.2) is 0 Å². The standard InChI is InChI=1S/C15H12ClF3O/c1-9-8-12(16)4-5-13(9)11-3-6-14(10(2)7-11)20-15(17,18)19/h3-8H,1-2H3. The molecule has 0 aliphatic heterocycles. The molecular weight excluding hydrogens is 289 g/mol. The van der Waals surface area contributed by atoms with Gasteiger partial charge in [-0.15, -0.1) is 13.2 Å². The molecule has 2 aromatic carbocycles. The summed E-state index contributed by atoms with van der Waals surface area (Å²) < 4.78 is 40.6. The molecule has 0 aliphatic rings. The van der Waals surface area contributed by atoms with Crippen molar-refractivity contribution in [1.29, 1.82) is 0 Å². The van der Waals surface area contributed by atoms with E-state index in [1.54, 1.807) is 25.1 Å². The van der Waals surface area contributed by atoms with Crippen LogP contribution in [0.2, 0.25) is 5.02 Å². The van der Waals surface area contributed by atoms with Crippen molar-refractivity contribution in [3.63, 3.8) is 0 Å². The number of aryl methyl sites for hydroxylation is 2. The normalized spacial score (nSPS) is 11.5. The highest BCUT2D eigenvalue weighted by atomic mass is 35.5. The predicted octanol–water partition coefficient (Wildman–Crippen LogP) is 5.52. The van der Waals surface area contributed by atoms with Crippen LogP contribution in [0.1, 0.15) is 11.1 Å². The first-order valence-electron chi connectivity index (χ1n) is 5.89. The summed E-state index contributed by atoms with van der Waals surface area (Å²) in [5.41, 5.74) is 3.14. The highest BCUT2D eigenvalue weighted by molar-refractivity contribution is 6.30. The molecule has 0 amide bonds. The van der Waals surface area contributed by atoms with Crippen LogP contribution in [0.15, 0.2) is 36.4 Å². The lowest BCUT2D eigenvalue weighted by Crippen LogP contribution is -2.17. The second kappa shape index (κ2) is 5.37. The van der Waals surface area contributed by atoms with Crippen molar-refractivity contribution in [2.45, 2.75) is 20.2 Å². The molecule has 0 bridgehead atoms. The molecule has 20 heavy (non-hydrogen) atoms. The molecule has 0 spiro atoms. The minimum absolute atomic E-state index is 0.187. The lowest BCUT2D eigenvalue weighted by molar-refractivity contribution is -0.274. The maximum Gasteiger partial charge on any atom is 0.573 e. The van der Waals surface area contributed by atoms with Crippen LogP contribution >= 0.6 is 11.6 Å². The molecule has 0 unspecified atom stereocenters. The van der Waals surface area contributed by atoms with Gasteiger partial charge in [0.25, 0.3) is 0 Å². The van der Waals surface area contributed by atoms with Crippen molar-refractivity contribution in [1.82, 2.24) is 0 Å². The molecule has 2 aromatic rings. The first-order chi connectivity index (χ1) is 9.26. The number of rotatable bonds is 2. The van der Waals surface area contributed by atoms with Gasteiger partial charge in [0.05, 0.1) is 0 Å². The van der Waals surface area contributed by atoms with Crippen LogP contribution in [0, 0.1) is 13.8 Å². The van der Waals surface area contributed by atoms with E-state index in [1.165, 1.54) is 6.07 Å². The fraction of sp³-hybridized carbons (Fsp3) is 0.200. The lowest BCUT2D eigenvalue weighted by Gasteiger charge is -2.13. The van der Waals surface area contributed by atoms with Crippen molar-refractivity contribution in [3.8, 4) is 16.9 Å².